The van der Waals surface area contributed by atoms with E-state index in [0.717, 1.165) is 11.1 Å². The summed E-state index contributed by atoms with van der Waals surface area (Å²) in [5.74, 6) is -0.163. The van der Waals surface area contributed by atoms with Crippen LogP contribution in [0, 0.1) is 0 Å². The van der Waals surface area contributed by atoms with Crippen LogP contribution in [0.25, 0.3) is 12.2 Å². The van der Waals surface area contributed by atoms with Crippen LogP contribution in [0.4, 0.5) is 0 Å². The van der Waals surface area contributed by atoms with Crippen LogP contribution >= 0.6 is 0 Å². The fraction of sp³-hybridized carbons (Fsp3) is 0.0435. The van der Waals surface area contributed by atoms with Crippen LogP contribution in [-0.2, 0) is 16.1 Å². The van der Waals surface area contributed by atoms with E-state index < -0.39 is 5.91 Å². The lowest BCUT2D eigenvalue weighted by atomic mass is 10.2. The second kappa shape index (κ2) is 9.73. The first-order chi connectivity index (χ1) is 13.7. The van der Waals surface area contributed by atoms with E-state index in [0.29, 0.717) is 5.76 Å². The van der Waals surface area contributed by atoms with Crippen molar-refractivity contribution in [3.8, 4) is 0 Å². The highest BCUT2D eigenvalue weighted by atomic mass is 16.3. The third-order valence-corrected chi connectivity index (χ3v) is 3.84. The second-order valence-corrected chi connectivity index (χ2v) is 5.96. The Balaban J connectivity index is 1.72. The Morgan fingerprint density at radius 3 is 2.18 bits per heavy atom. The molecule has 0 spiro atoms. The van der Waals surface area contributed by atoms with Crippen LogP contribution in [0.2, 0.25) is 0 Å². The Kier molecular flexibility index (Phi) is 6.57. The Morgan fingerprint density at radius 2 is 1.54 bits per heavy atom. The Morgan fingerprint density at radius 1 is 0.857 bits per heavy atom. The van der Waals surface area contributed by atoms with Gasteiger partial charge in [-0.15, -0.1) is 0 Å². The van der Waals surface area contributed by atoms with Crippen LogP contribution in [-0.4, -0.2) is 11.8 Å². The van der Waals surface area contributed by atoms with Crippen molar-refractivity contribution in [2.24, 2.45) is 0 Å². The lowest BCUT2D eigenvalue weighted by Gasteiger charge is -2.09. The molecule has 1 heterocycles. The molecule has 0 bridgehead atoms. The maximum atomic E-state index is 12.6. The molecular weight excluding hydrogens is 352 g/mol. The maximum Gasteiger partial charge on any atom is 0.268 e. The van der Waals surface area contributed by atoms with E-state index in [1.54, 1.807) is 30.5 Å². The smallest absolute Gasteiger partial charge is 0.268 e. The van der Waals surface area contributed by atoms with Gasteiger partial charge in [0.15, 0.2) is 0 Å². The maximum absolute atomic E-state index is 12.6. The number of nitrogens with one attached hydrogen (secondary N) is 2. The molecule has 0 atom stereocenters. The highest BCUT2D eigenvalue weighted by Crippen LogP contribution is 2.07. The van der Waals surface area contributed by atoms with E-state index >= 15 is 0 Å². The molecule has 0 radical (unpaired) electrons. The van der Waals surface area contributed by atoms with Gasteiger partial charge in [0.1, 0.15) is 11.5 Å². The topological polar surface area (TPSA) is 71.3 Å². The first-order valence-corrected chi connectivity index (χ1v) is 8.82. The van der Waals surface area contributed by atoms with Crippen molar-refractivity contribution in [2.75, 3.05) is 0 Å². The number of hydrogen-bond donors (Lipinski definition) is 2. The molecule has 28 heavy (non-hydrogen) atoms. The molecule has 0 fully saturated rings. The number of carbonyl (C=O) groups is 2. The lowest BCUT2D eigenvalue weighted by Crippen LogP contribution is -2.33. The summed E-state index contributed by atoms with van der Waals surface area (Å²) in [7, 11) is 0. The molecule has 0 aliphatic heterocycles. The number of carbonyl (C=O) groups excluding carboxylic acids is 2. The van der Waals surface area contributed by atoms with E-state index in [1.807, 2.05) is 60.7 Å². The SMILES string of the molecule is O=C(/C=C/c1ccccc1)N/C(=C/c1ccccc1)C(=O)NCc1ccco1. The molecule has 0 saturated heterocycles. The van der Waals surface area contributed by atoms with Crippen molar-refractivity contribution in [3.63, 3.8) is 0 Å². The van der Waals surface area contributed by atoms with Gasteiger partial charge in [0.2, 0.25) is 5.91 Å². The zero-order chi connectivity index (χ0) is 19.6. The van der Waals surface area contributed by atoms with Crippen molar-refractivity contribution in [2.45, 2.75) is 6.54 Å². The second-order valence-electron chi connectivity index (χ2n) is 5.96. The minimum absolute atomic E-state index is 0.153. The molecule has 3 aromatic rings. The van der Waals surface area contributed by atoms with Gasteiger partial charge in [-0.25, -0.2) is 0 Å². The van der Waals surface area contributed by atoms with Gasteiger partial charge in [0.25, 0.3) is 5.91 Å². The monoisotopic (exact) mass is 372 g/mol. The number of hydrogen-bond acceptors (Lipinski definition) is 3. The van der Waals surface area contributed by atoms with E-state index in [-0.39, 0.29) is 18.1 Å². The highest BCUT2D eigenvalue weighted by molar-refractivity contribution is 6.04. The largest absolute Gasteiger partial charge is 0.467 e. The van der Waals surface area contributed by atoms with Gasteiger partial charge in [-0.3, -0.25) is 9.59 Å². The molecule has 2 aromatic carbocycles. The Hall–Kier alpha value is -3.86. The zero-order valence-corrected chi connectivity index (χ0v) is 15.2. The average Bonchev–Trinajstić information content (AvgIpc) is 3.25. The number of benzene rings is 2. The van der Waals surface area contributed by atoms with Crippen molar-refractivity contribution < 1.29 is 14.0 Å². The molecule has 0 saturated carbocycles. The molecule has 5 heteroatoms. The molecule has 2 amide bonds. The van der Waals surface area contributed by atoms with Crippen LogP contribution in [0.15, 0.2) is 95.2 Å². The van der Waals surface area contributed by atoms with Gasteiger partial charge in [-0.2, -0.15) is 0 Å². The molecule has 3 rings (SSSR count). The average molecular weight is 372 g/mol. The van der Waals surface area contributed by atoms with Crippen molar-refractivity contribution >= 4 is 24.0 Å². The number of furan rings is 1. The molecule has 0 unspecified atom stereocenters. The fourth-order valence-electron chi connectivity index (χ4n) is 2.46. The van der Waals surface area contributed by atoms with Crippen LogP contribution in [0.5, 0.6) is 0 Å². The molecule has 0 aliphatic carbocycles. The first-order valence-electron chi connectivity index (χ1n) is 8.82. The summed E-state index contributed by atoms with van der Waals surface area (Å²) in [6.07, 6.45) is 6.26. The Labute approximate surface area is 163 Å². The molecule has 5 nitrogen and oxygen atoms in total. The zero-order valence-electron chi connectivity index (χ0n) is 15.2. The van der Waals surface area contributed by atoms with Gasteiger partial charge in [0.05, 0.1) is 12.8 Å². The van der Waals surface area contributed by atoms with Crippen LogP contribution in [0.3, 0.4) is 0 Å². The van der Waals surface area contributed by atoms with E-state index in [9.17, 15) is 9.59 Å². The van der Waals surface area contributed by atoms with E-state index in [1.165, 1.54) is 6.08 Å². The van der Waals surface area contributed by atoms with E-state index in [4.69, 9.17) is 4.42 Å². The minimum Gasteiger partial charge on any atom is -0.467 e. The molecule has 1 aromatic heterocycles. The van der Waals surface area contributed by atoms with Gasteiger partial charge in [-0.1, -0.05) is 60.7 Å². The fourth-order valence-corrected chi connectivity index (χ4v) is 2.46. The molecular formula is C23H20N2O3. The van der Waals surface area contributed by atoms with Crippen molar-refractivity contribution in [3.05, 3.63) is 108 Å². The van der Waals surface area contributed by atoms with Gasteiger partial charge in [-0.05, 0) is 35.4 Å². The first kappa shape index (κ1) is 18.9. The summed E-state index contributed by atoms with van der Waals surface area (Å²) < 4.78 is 5.22. The highest BCUT2D eigenvalue weighted by Gasteiger charge is 2.12. The molecule has 0 aliphatic rings. The predicted molar refractivity (Wildman–Crippen MR) is 109 cm³/mol. The summed E-state index contributed by atoms with van der Waals surface area (Å²) in [6, 6.07) is 22.3. The van der Waals surface area contributed by atoms with Crippen molar-refractivity contribution in [1.82, 2.24) is 10.6 Å². The standard InChI is InChI=1S/C23H20N2O3/c26-22(14-13-18-8-3-1-4-9-18)25-21(16-19-10-5-2-6-11-19)23(27)24-17-20-12-7-15-28-20/h1-16H,17H2,(H,24,27)(H,25,26)/b14-13+,21-16+. The number of amides is 2. The third-order valence-electron chi connectivity index (χ3n) is 3.84. The normalized spacial score (nSPS) is 11.4. The summed E-state index contributed by atoms with van der Waals surface area (Å²) >= 11 is 0. The van der Waals surface area contributed by atoms with Gasteiger partial charge in [0, 0.05) is 6.08 Å². The van der Waals surface area contributed by atoms with Crippen LogP contribution < -0.4 is 10.6 Å². The quantitative estimate of drug-likeness (QED) is 0.620. The summed E-state index contributed by atoms with van der Waals surface area (Å²) in [6.45, 7) is 0.230. The summed E-state index contributed by atoms with van der Waals surface area (Å²) in [5, 5.41) is 5.40. The third kappa shape index (κ3) is 5.85. The van der Waals surface area contributed by atoms with Crippen molar-refractivity contribution in [1.29, 1.82) is 0 Å². The van der Waals surface area contributed by atoms with Crippen LogP contribution in [0.1, 0.15) is 16.9 Å². The summed E-state index contributed by atoms with van der Waals surface area (Å²) in [4.78, 5) is 24.9. The predicted octanol–water partition coefficient (Wildman–Crippen LogP) is 3.77. The van der Waals surface area contributed by atoms with Gasteiger partial charge >= 0.3 is 0 Å². The van der Waals surface area contributed by atoms with E-state index in [2.05, 4.69) is 10.6 Å². The minimum atomic E-state index is -0.401. The summed E-state index contributed by atoms with van der Waals surface area (Å²) in [5.41, 5.74) is 1.85. The molecule has 140 valence electrons. The molecule has 2 N–H and O–H groups in total. The van der Waals surface area contributed by atoms with Gasteiger partial charge < -0.3 is 15.1 Å². The lowest BCUT2D eigenvalue weighted by molar-refractivity contribution is -0.121. The number of rotatable bonds is 7. The Bertz CT molecular complexity index is 960.